The van der Waals surface area contributed by atoms with Crippen LogP contribution in [0.25, 0.3) is 0 Å². The van der Waals surface area contributed by atoms with Crippen molar-refractivity contribution >= 4 is 23.0 Å². The van der Waals surface area contributed by atoms with Gasteiger partial charge in [0, 0.05) is 17.1 Å². The number of carbonyl (C=O) groups is 1. The van der Waals surface area contributed by atoms with Crippen LogP contribution >= 0.6 is 0 Å². The number of carbonyl (C=O) groups excluding carboxylic acids is 1. The van der Waals surface area contributed by atoms with Crippen molar-refractivity contribution < 1.29 is 9.53 Å². The highest BCUT2D eigenvalue weighted by molar-refractivity contribution is 5.92. The van der Waals surface area contributed by atoms with Crippen LogP contribution in [0.4, 0.5) is 17.1 Å². The summed E-state index contributed by atoms with van der Waals surface area (Å²) in [6.45, 7) is 4.14. The quantitative estimate of drug-likeness (QED) is 0.655. The van der Waals surface area contributed by atoms with Gasteiger partial charge in [0.2, 0.25) is 0 Å². The SMILES string of the molecule is Cc1ccc(Nc2ccc(NC(=O)COc3ccccc3)cc2)c(C)c1. The molecule has 0 aromatic heterocycles. The number of ether oxygens (including phenoxy) is 1. The highest BCUT2D eigenvalue weighted by Gasteiger charge is 2.04. The molecule has 0 heterocycles. The second-order valence-corrected chi connectivity index (χ2v) is 6.17. The molecule has 0 fully saturated rings. The van der Waals surface area contributed by atoms with Crippen molar-refractivity contribution in [2.24, 2.45) is 0 Å². The Hall–Kier alpha value is -3.27. The standard InChI is InChI=1S/C22H22N2O2/c1-16-8-13-21(17(2)14-16)23-18-9-11-19(12-10-18)24-22(25)15-26-20-6-4-3-5-7-20/h3-14,23H,15H2,1-2H3,(H,24,25). The minimum absolute atomic E-state index is 0.0213. The van der Waals surface area contributed by atoms with Crippen molar-refractivity contribution in [3.05, 3.63) is 83.9 Å². The molecule has 3 rings (SSSR count). The molecule has 0 radical (unpaired) electrons. The third-order valence-electron chi connectivity index (χ3n) is 3.94. The summed E-state index contributed by atoms with van der Waals surface area (Å²) in [6.07, 6.45) is 0. The Balaban J connectivity index is 1.54. The molecule has 0 saturated heterocycles. The minimum Gasteiger partial charge on any atom is -0.484 e. The van der Waals surface area contributed by atoms with E-state index in [1.807, 2.05) is 54.6 Å². The maximum absolute atomic E-state index is 12.0. The van der Waals surface area contributed by atoms with Gasteiger partial charge >= 0.3 is 0 Å². The zero-order valence-electron chi connectivity index (χ0n) is 15.0. The number of nitrogens with one attached hydrogen (secondary N) is 2. The first kappa shape index (κ1) is 17.5. The van der Waals surface area contributed by atoms with Crippen molar-refractivity contribution in [1.82, 2.24) is 0 Å². The first-order chi connectivity index (χ1) is 12.6. The van der Waals surface area contributed by atoms with E-state index in [-0.39, 0.29) is 12.5 Å². The molecule has 0 aliphatic rings. The Morgan fingerprint density at radius 3 is 2.27 bits per heavy atom. The van der Waals surface area contributed by atoms with E-state index in [1.165, 1.54) is 11.1 Å². The zero-order chi connectivity index (χ0) is 18.4. The monoisotopic (exact) mass is 346 g/mol. The molecular weight excluding hydrogens is 324 g/mol. The fourth-order valence-corrected chi connectivity index (χ4v) is 2.61. The molecule has 0 bridgehead atoms. The number of anilines is 3. The molecule has 0 aliphatic heterocycles. The zero-order valence-corrected chi connectivity index (χ0v) is 15.0. The van der Waals surface area contributed by atoms with Crippen LogP contribution in [0, 0.1) is 13.8 Å². The van der Waals surface area contributed by atoms with Crippen LogP contribution in [0.15, 0.2) is 72.8 Å². The van der Waals surface area contributed by atoms with E-state index in [0.717, 1.165) is 17.1 Å². The van der Waals surface area contributed by atoms with Crippen LogP contribution in [0.3, 0.4) is 0 Å². The van der Waals surface area contributed by atoms with Gasteiger partial charge in [-0.15, -0.1) is 0 Å². The number of benzene rings is 3. The summed E-state index contributed by atoms with van der Waals surface area (Å²) in [7, 11) is 0. The first-order valence-electron chi connectivity index (χ1n) is 8.52. The molecule has 3 aromatic rings. The molecule has 0 spiro atoms. The van der Waals surface area contributed by atoms with Gasteiger partial charge in [0.15, 0.2) is 6.61 Å². The van der Waals surface area contributed by atoms with Gasteiger partial charge in [-0.05, 0) is 61.9 Å². The normalized spacial score (nSPS) is 10.2. The van der Waals surface area contributed by atoms with E-state index < -0.39 is 0 Å². The lowest BCUT2D eigenvalue weighted by atomic mass is 10.1. The van der Waals surface area contributed by atoms with Gasteiger partial charge in [-0.25, -0.2) is 0 Å². The van der Waals surface area contributed by atoms with Gasteiger partial charge in [0.1, 0.15) is 5.75 Å². The van der Waals surface area contributed by atoms with E-state index in [9.17, 15) is 4.79 Å². The molecule has 3 aromatic carbocycles. The molecule has 0 aliphatic carbocycles. The average Bonchev–Trinajstić information content (AvgIpc) is 2.65. The van der Waals surface area contributed by atoms with E-state index in [2.05, 4.69) is 42.7 Å². The summed E-state index contributed by atoms with van der Waals surface area (Å²) in [6, 6.07) is 23.2. The molecule has 1 amide bonds. The Kier molecular flexibility index (Phi) is 5.54. The fourth-order valence-electron chi connectivity index (χ4n) is 2.61. The third kappa shape index (κ3) is 4.86. The van der Waals surface area contributed by atoms with Gasteiger partial charge in [-0.3, -0.25) is 4.79 Å². The highest BCUT2D eigenvalue weighted by atomic mass is 16.5. The minimum atomic E-state index is -0.191. The van der Waals surface area contributed by atoms with Crippen LogP contribution < -0.4 is 15.4 Å². The van der Waals surface area contributed by atoms with E-state index >= 15 is 0 Å². The van der Waals surface area contributed by atoms with E-state index in [1.54, 1.807) is 0 Å². The van der Waals surface area contributed by atoms with Crippen molar-refractivity contribution in [2.75, 3.05) is 17.2 Å². The Labute approximate surface area is 153 Å². The van der Waals surface area contributed by atoms with Crippen molar-refractivity contribution in [2.45, 2.75) is 13.8 Å². The van der Waals surface area contributed by atoms with E-state index in [4.69, 9.17) is 4.74 Å². The summed E-state index contributed by atoms with van der Waals surface area (Å²) in [5, 5.41) is 6.22. The summed E-state index contributed by atoms with van der Waals surface area (Å²) >= 11 is 0. The maximum atomic E-state index is 12.0. The predicted octanol–water partition coefficient (Wildman–Crippen LogP) is 5.06. The largest absolute Gasteiger partial charge is 0.484 e. The third-order valence-corrected chi connectivity index (χ3v) is 3.94. The molecule has 2 N–H and O–H groups in total. The average molecular weight is 346 g/mol. The van der Waals surface area contributed by atoms with Gasteiger partial charge in [0.25, 0.3) is 5.91 Å². The molecule has 0 unspecified atom stereocenters. The summed E-state index contributed by atoms with van der Waals surface area (Å²) in [5.74, 6) is 0.486. The van der Waals surface area contributed by atoms with Crippen molar-refractivity contribution in [1.29, 1.82) is 0 Å². The number of hydrogen-bond donors (Lipinski definition) is 2. The topological polar surface area (TPSA) is 50.4 Å². The second kappa shape index (κ2) is 8.21. The Morgan fingerprint density at radius 2 is 1.58 bits per heavy atom. The second-order valence-electron chi connectivity index (χ2n) is 6.17. The van der Waals surface area contributed by atoms with Crippen LogP contribution in [-0.4, -0.2) is 12.5 Å². The molecule has 0 atom stereocenters. The maximum Gasteiger partial charge on any atom is 0.262 e. The van der Waals surface area contributed by atoms with Crippen LogP contribution in [-0.2, 0) is 4.79 Å². The smallest absolute Gasteiger partial charge is 0.262 e. The van der Waals surface area contributed by atoms with E-state index in [0.29, 0.717) is 5.75 Å². The lowest BCUT2D eigenvalue weighted by Gasteiger charge is -2.11. The van der Waals surface area contributed by atoms with Crippen LogP contribution in [0.5, 0.6) is 5.75 Å². The van der Waals surface area contributed by atoms with Gasteiger partial charge in [-0.1, -0.05) is 35.9 Å². The van der Waals surface area contributed by atoms with Gasteiger partial charge < -0.3 is 15.4 Å². The molecule has 4 heteroatoms. The highest BCUT2D eigenvalue weighted by Crippen LogP contribution is 2.22. The molecule has 26 heavy (non-hydrogen) atoms. The first-order valence-corrected chi connectivity index (χ1v) is 8.52. The van der Waals surface area contributed by atoms with Crippen molar-refractivity contribution in [3.63, 3.8) is 0 Å². The predicted molar refractivity (Wildman–Crippen MR) is 106 cm³/mol. The lowest BCUT2D eigenvalue weighted by Crippen LogP contribution is -2.20. The van der Waals surface area contributed by atoms with Crippen LogP contribution in [0.1, 0.15) is 11.1 Å². The number of para-hydroxylation sites is 1. The number of aryl methyl sites for hydroxylation is 2. The summed E-state index contributed by atoms with van der Waals surface area (Å²) in [5.41, 5.74) is 5.21. The summed E-state index contributed by atoms with van der Waals surface area (Å²) < 4.78 is 5.44. The fraction of sp³-hybridized carbons (Fsp3) is 0.136. The number of hydrogen-bond acceptors (Lipinski definition) is 3. The van der Waals surface area contributed by atoms with Gasteiger partial charge in [-0.2, -0.15) is 0 Å². The molecular formula is C22H22N2O2. The number of amides is 1. The molecule has 132 valence electrons. The Morgan fingerprint density at radius 1 is 0.885 bits per heavy atom. The van der Waals surface area contributed by atoms with Crippen molar-refractivity contribution in [3.8, 4) is 5.75 Å². The van der Waals surface area contributed by atoms with Gasteiger partial charge in [0.05, 0.1) is 0 Å². The lowest BCUT2D eigenvalue weighted by molar-refractivity contribution is -0.118. The molecule has 4 nitrogen and oxygen atoms in total. The molecule has 0 saturated carbocycles. The van der Waals surface area contributed by atoms with Crippen LogP contribution in [0.2, 0.25) is 0 Å². The Bertz CT molecular complexity index is 874. The summed E-state index contributed by atoms with van der Waals surface area (Å²) in [4.78, 5) is 12.0. The number of rotatable bonds is 6.